The molecule has 0 saturated carbocycles. The van der Waals surface area contributed by atoms with Gasteiger partial charge < -0.3 is 26.6 Å². The maximum absolute atomic E-state index is 13.4. The van der Waals surface area contributed by atoms with Crippen molar-refractivity contribution in [3.05, 3.63) is 11.2 Å². The summed E-state index contributed by atoms with van der Waals surface area (Å²) in [7, 11) is 0. The molecule has 176 valence electrons. The number of nitrogens with two attached hydrogens (primary N) is 1. The molecular weight excluding hydrogens is 414 g/mol. The van der Waals surface area contributed by atoms with Crippen molar-refractivity contribution in [1.82, 2.24) is 30.7 Å². The average Bonchev–Trinajstić information content (AvgIpc) is 2.78. The molecule has 0 aliphatic carbocycles. The number of carbonyl (C=O) groups excluding carboxylic acids is 1. The van der Waals surface area contributed by atoms with Crippen molar-refractivity contribution in [2.24, 2.45) is 11.7 Å². The van der Waals surface area contributed by atoms with Gasteiger partial charge in [-0.25, -0.2) is 0 Å². The first-order valence-corrected chi connectivity index (χ1v) is 12.6. The van der Waals surface area contributed by atoms with Gasteiger partial charge in [0.25, 0.3) is 0 Å². The van der Waals surface area contributed by atoms with Crippen molar-refractivity contribution in [2.45, 2.75) is 63.4 Å². The van der Waals surface area contributed by atoms with E-state index >= 15 is 0 Å². The van der Waals surface area contributed by atoms with Crippen LogP contribution in [0.1, 0.15) is 39.0 Å². The van der Waals surface area contributed by atoms with Crippen LogP contribution in [0.5, 0.6) is 0 Å². The largest absolute Gasteiger partial charge is 0.360 e. The first-order valence-electron chi connectivity index (χ1n) is 12.2. The van der Waals surface area contributed by atoms with E-state index in [0.717, 1.165) is 63.7 Å². The van der Waals surface area contributed by atoms with Gasteiger partial charge in [0.15, 0.2) is 0 Å². The highest BCUT2D eigenvalue weighted by Crippen LogP contribution is 2.37. The molecule has 0 aromatic rings. The van der Waals surface area contributed by atoms with Gasteiger partial charge in [0.2, 0.25) is 5.91 Å². The SMILES string of the molecule is CCCCCCN1C=C(Cl)CN2C(N)C(C(=O)NC3CNCCC3N3CCNCC3)C12. The summed E-state index contributed by atoms with van der Waals surface area (Å²) in [5.41, 5.74) is 6.48. The summed E-state index contributed by atoms with van der Waals surface area (Å²) in [6.45, 7) is 9.75. The van der Waals surface area contributed by atoms with Crippen LogP contribution in [-0.4, -0.2) is 97.4 Å². The van der Waals surface area contributed by atoms with E-state index in [9.17, 15) is 4.79 Å². The van der Waals surface area contributed by atoms with Crippen LogP contribution in [0.3, 0.4) is 0 Å². The number of unbranched alkanes of at least 4 members (excludes halogenated alkanes) is 3. The minimum absolute atomic E-state index is 0.0216. The molecule has 0 aromatic heterocycles. The number of carbonyl (C=O) groups is 1. The molecule has 8 nitrogen and oxygen atoms in total. The van der Waals surface area contributed by atoms with Gasteiger partial charge in [-0.2, -0.15) is 0 Å². The Morgan fingerprint density at radius 2 is 2.03 bits per heavy atom. The molecule has 5 unspecified atom stereocenters. The highest BCUT2D eigenvalue weighted by molar-refractivity contribution is 6.29. The molecule has 0 spiro atoms. The van der Waals surface area contributed by atoms with Crippen LogP contribution in [0.25, 0.3) is 0 Å². The summed E-state index contributed by atoms with van der Waals surface area (Å²) in [5.74, 6) is -0.134. The van der Waals surface area contributed by atoms with Gasteiger partial charge >= 0.3 is 0 Å². The molecule has 3 fully saturated rings. The van der Waals surface area contributed by atoms with E-state index in [0.29, 0.717) is 12.6 Å². The summed E-state index contributed by atoms with van der Waals surface area (Å²) < 4.78 is 0. The second-order valence-electron chi connectivity index (χ2n) is 9.44. The summed E-state index contributed by atoms with van der Waals surface area (Å²) in [6, 6.07) is 0.520. The molecule has 0 aromatic carbocycles. The van der Waals surface area contributed by atoms with Crippen molar-refractivity contribution >= 4 is 17.5 Å². The molecule has 4 aliphatic heterocycles. The van der Waals surface area contributed by atoms with Crippen molar-refractivity contribution in [3.63, 3.8) is 0 Å². The highest BCUT2D eigenvalue weighted by atomic mass is 35.5. The number of amides is 1. The van der Waals surface area contributed by atoms with Crippen LogP contribution in [0.4, 0.5) is 0 Å². The fourth-order valence-corrected chi connectivity index (χ4v) is 5.92. The lowest BCUT2D eigenvalue weighted by atomic mass is 9.86. The normalized spacial score (nSPS) is 34.6. The fraction of sp³-hybridized carbons (Fsp3) is 0.864. The van der Waals surface area contributed by atoms with E-state index in [1.807, 2.05) is 6.20 Å². The number of hydrogen-bond acceptors (Lipinski definition) is 7. The van der Waals surface area contributed by atoms with E-state index in [-0.39, 0.29) is 30.2 Å². The van der Waals surface area contributed by atoms with Gasteiger partial charge in [0.1, 0.15) is 5.92 Å². The molecular formula is C22H40ClN7O. The van der Waals surface area contributed by atoms with E-state index < -0.39 is 0 Å². The zero-order valence-corrected chi connectivity index (χ0v) is 19.6. The van der Waals surface area contributed by atoms with Gasteiger partial charge in [-0.05, 0) is 19.4 Å². The predicted molar refractivity (Wildman–Crippen MR) is 124 cm³/mol. The van der Waals surface area contributed by atoms with Crippen LogP contribution in [0.2, 0.25) is 0 Å². The van der Waals surface area contributed by atoms with Gasteiger partial charge in [-0.3, -0.25) is 14.6 Å². The average molecular weight is 454 g/mol. The number of fused-ring (bicyclic) bond motifs is 1. The van der Waals surface area contributed by atoms with Crippen LogP contribution in [0, 0.1) is 5.92 Å². The molecule has 4 rings (SSSR count). The third kappa shape index (κ3) is 5.20. The molecule has 31 heavy (non-hydrogen) atoms. The van der Waals surface area contributed by atoms with Gasteiger partial charge in [0, 0.05) is 63.1 Å². The van der Waals surface area contributed by atoms with Crippen LogP contribution < -0.4 is 21.7 Å². The zero-order chi connectivity index (χ0) is 21.8. The van der Waals surface area contributed by atoms with E-state index in [2.05, 4.69) is 37.6 Å². The number of piperidine rings is 1. The Bertz CT molecular complexity index is 641. The summed E-state index contributed by atoms with van der Waals surface area (Å²) in [5, 5.41) is 11.1. The Hall–Kier alpha value is -0.900. The van der Waals surface area contributed by atoms with Crippen LogP contribution in [-0.2, 0) is 4.79 Å². The molecule has 4 heterocycles. The smallest absolute Gasteiger partial charge is 0.229 e. The Kier molecular flexibility index (Phi) is 8.11. The third-order valence-corrected chi connectivity index (χ3v) is 7.57. The highest BCUT2D eigenvalue weighted by Gasteiger charge is 2.54. The standard InChI is InChI=1S/C22H40ClN7O/c1-2-3-4-5-10-29-14-16(23)15-30-20(24)19(22(29)30)21(31)27-17-13-26-7-6-18(17)28-11-8-25-9-12-28/h14,17-20,22,25-26H,2-13,15,24H2,1H3,(H,27,31). The Balaban J connectivity index is 1.39. The molecule has 4 aliphatic rings. The van der Waals surface area contributed by atoms with Crippen molar-refractivity contribution in [1.29, 1.82) is 0 Å². The molecule has 0 bridgehead atoms. The quantitative estimate of drug-likeness (QED) is 0.392. The Labute approximate surface area is 191 Å². The first kappa shape index (κ1) is 23.3. The predicted octanol–water partition coefficient (Wildman–Crippen LogP) is 0.257. The topological polar surface area (TPSA) is 88.9 Å². The first-order chi connectivity index (χ1) is 15.1. The molecule has 3 saturated heterocycles. The van der Waals surface area contributed by atoms with E-state index in [4.69, 9.17) is 17.3 Å². The summed E-state index contributed by atoms with van der Waals surface area (Å²) >= 11 is 6.40. The van der Waals surface area contributed by atoms with E-state index in [1.54, 1.807) is 0 Å². The molecule has 9 heteroatoms. The number of nitrogens with one attached hydrogen (secondary N) is 3. The van der Waals surface area contributed by atoms with Gasteiger partial charge in [0.05, 0.1) is 18.4 Å². The van der Waals surface area contributed by atoms with Crippen molar-refractivity contribution < 1.29 is 4.79 Å². The molecule has 1 amide bonds. The monoisotopic (exact) mass is 453 g/mol. The number of halogens is 1. The van der Waals surface area contributed by atoms with Crippen molar-refractivity contribution in [3.8, 4) is 0 Å². The lowest BCUT2D eigenvalue weighted by molar-refractivity contribution is -0.161. The number of hydrogen-bond donors (Lipinski definition) is 4. The fourth-order valence-electron chi connectivity index (χ4n) is 5.66. The minimum Gasteiger partial charge on any atom is -0.360 e. The van der Waals surface area contributed by atoms with Crippen molar-refractivity contribution in [2.75, 3.05) is 52.4 Å². The number of rotatable bonds is 8. The second-order valence-corrected chi connectivity index (χ2v) is 9.92. The third-order valence-electron chi connectivity index (χ3n) is 7.36. The molecule has 0 radical (unpaired) electrons. The summed E-state index contributed by atoms with van der Waals surface area (Å²) in [6.07, 6.45) is 7.62. The number of piperazine rings is 1. The maximum Gasteiger partial charge on any atom is 0.229 e. The Morgan fingerprint density at radius 1 is 1.23 bits per heavy atom. The number of nitrogens with zero attached hydrogens (tertiary/aromatic N) is 3. The minimum atomic E-state index is -0.278. The lowest BCUT2D eigenvalue weighted by Crippen LogP contribution is -2.77. The summed E-state index contributed by atoms with van der Waals surface area (Å²) in [4.78, 5) is 20.4. The van der Waals surface area contributed by atoms with Crippen LogP contribution >= 0.6 is 11.6 Å². The zero-order valence-electron chi connectivity index (χ0n) is 18.9. The molecule has 5 atom stereocenters. The van der Waals surface area contributed by atoms with Crippen LogP contribution in [0.15, 0.2) is 11.2 Å². The lowest BCUT2D eigenvalue weighted by Gasteiger charge is -2.58. The Morgan fingerprint density at radius 3 is 2.81 bits per heavy atom. The van der Waals surface area contributed by atoms with Gasteiger partial charge in [-0.1, -0.05) is 37.8 Å². The maximum atomic E-state index is 13.4. The molecule has 5 N–H and O–H groups in total. The van der Waals surface area contributed by atoms with E-state index in [1.165, 1.54) is 19.3 Å². The second kappa shape index (κ2) is 10.8. The van der Waals surface area contributed by atoms with Gasteiger partial charge in [-0.15, -0.1) is 0 Å².